The van der Waals surface area contributed by atoms with E-state index in [0.29, 0.717) is 47.1 Å². The summed E-state index contributed by atoms with van der Waals surface area (Å²) in [6.07, 6.45) is 0. The van der Waals surface area contributed by atoms with Crippen molar-refractivity contribution in [2.24, 2.45) is 0 Å². The first kappa shape index (κ1) is 19.0. The molecule has 142 valence electrons. The highest BCUT2D eigenvalue weighted by molar-refractivity contribution is 7.99. The summed E-state index contributed by atoms with van der Waals surface area (Å²) in [7, 11) is 0. The molecule has 1 amide bonds. The van der Waals surface area contributed by atoms with E-state index in [0.717, 1.165) is 0 Å². The second-order valence-corrected chi connectivity index (χ2v) is 6.45. The van der Waals surface area contributed by atoms with Crippen LogP contribution < -0.4 is 14.8 Å². The molecule has 1 aliphatic heterocycles. The van der Waals surface area contributed by atoms with Crippen LogP contribution in [0.15, 0.2) is 47.4 Å². The van der Waals surface area contributed by atoms with Crippen LogP contribution in [0.3, 0.4) is 0 Å². The quantitative estimate of drug-likeness (QED) is 0.596. The summed E-state index contributed by atoms with van der Waals surface area (Å²) in [6.45, 7) is 0.349. The van der Waals surface area contributed by atoms with Gasteiger partial charge in [0.1, 0.15) is 13.2 Å². The predicted molar refractivity (Wildman–Crippen MR) is 94.6 cm³/mol. The Kier molecular flexibility index (Phi) is 6.12. The molecule has 0 fully saturated rings. The van der Waals surface area contributed by atoms with Crippen molar-refractivity contribution in [2.75, 3.05) is 25.1 Å². The zero-order valence-corrected chi connectivity index (χ0v) is 14.8. The summed E-state index contributed by atoms with van der Waals surface area (Å²) in [4.78, 5) is 24.3. The molecule has 0 radical (unpaired) electrons. The van der Waals surface area contributed by atoms with Gasteiger partial charge in [0, 0.05) is 10.6 Å². The first-order valence-corrected chi connectivity index (χ1v) is 8.81. The summed E-state index contributed by atoms with van der Waals surface area (Å²) in [5, 5.41) is 2.52. The summed E-state index contributed by atoms with van der Waals surface area (Å²) < 4.78 is 40.3. The van der Waals surface area contributed by atoms with Crippen molar-refractivity contribution in [2.45, 2.75) is 10.7 Å². The maximum absolute atomic E-state index is 12.3. The normalized spacial score (nSPS) is 12.6. The number of carbonyl (C=O) groups is 2. The second-order valence-electron chi connectivity index (χ2n) is 5.39. The van der Waals surface area contributed by atoms with Crippen LogP contribution in [0.2, 0.25) is 0 Å². The standard InChI is InChI=1S/C18H15F2NO5S/c19-18(20)27-13-4-2-12(3-5-13)21-16(22)10-26-17(23)11-1-6-14-15(9-11)25-8-7-24-14/h1-6,9,18H,7-8,10H2,(H,21,22). The molecule has 0 bridgehead atoms. The molecule has 6 nitrogen and oxygen atoms in total. The van der Waals surface area contributed by atoms with Crippen LogP contribution in [0.25, 0.3) is 0 Å². The lowest BCUT2D eigenvalue weighted by Gasteiger charge is -2.18. The fraction of sp³-hybridized carbons (Fsp3) is 0.222. The van der Waals surface area contributed by atoms with Gasteiger partial charge in [0.15, 0.2) is 18.1 Å². The van der Waals surface area contributed by atoms with Gasteiger partial charge >= 0.3 is 5.97 Å². The van der Waals surface area contributed by atoms with Crippen LogP contribution in [-0.2, 0) is 9.53 Å². The van der Waals surface area contributed by atoms with E-state index in [1.807, 2.05) is 0 Å². The minimum atomic E-state index is -2.51. The van der Waals surface area contributed by atoms with Gasteiger partial charge in [-0.25, -0.2) is 4.79 Å². The maximum atomic E-state index is 12.3. The zero-order valence-electron chi connectivity index (χ0n) is 13.9. The molecule has 0 aliphatic carbocycles. The number of thioether (sulfide) groups is 1. The number of rotatable bonds is 6. The topological polar surface area (TPSA) is 73.9 Å². The molecular weight excluding hydrogens is 380 g/mol. The van der Waals surface area contributed by atoms with Gasteiger partial charge < -0.3 is 19.5 Å². The van der Waals surface area contributed by atoms with Gasteiger partial charge in [0.05, 0.1) is 5.56 Å². The van der Waals surface area contributed by atoms with Crippen LogP contribution in [0.4, 0.5) is 14.5 Å². The number of alkyl halides is 2. The number of amides is 1. The van der Waals surface area contributed by atoms with E-state index in [1.54, 1.807) is 6.07 Å². The van der Waals surface area contributed by atoms with E-state index in [1.165, 1.54) is 36.4 Å². The summed E-state index contributed by atoms with van der Waals surface area (Å²) >= 11 is 0.413. The Balaban J connectivity index is 1.50. The van der Waals surface area contributed by atoms with Gasteiger partial charge in [0.25, 0.3) is 11.7 Å². The molecule has 2 aromatic carbocycles. The van der Waals surface area contributed by atoms with Gasteiger partial charge in [-0.1, -0.05) is 11.8 Å². The number of esters is 1. The first-order valence-electron chi connectivity index (χ1n) is 7.93. The van der Waals surface area contributed by atoms with Crippen LogP contribution in [-0.4, -0.2) is 37.5 Å². The number of fused-ring (bicyclic) bond motifs is 1. The van der Waals surface area contributed by atoms with Crippen molar-refractivity contribution >= 4 is 29.3 Å². The van der Waals surface area contributed by atoms with Gasteiger partial charge in [-0.2, -0.15) is 8.78 Å². The molecular formula is C18H15F2NO5S. The lowest BCUT2D eigenvalue weighted by molar-refractivity contribution is -0.119. The van der Waals surface area contributed by atoms with Gasteiger partial charge in [-0.3, -0.25) is 4.79 Å². The Labute approximate surface area is 157 Å². The van der Waals surface area contributed by atoms with Crippen molar-refractivity contribution in [3.63, 3.8) is 0 Å². The number of hydrogen-bond donors (Lipinski definition) is 1. The molecule has 0 spiro atoms. The van der Waals surface area contributed by atoms with Gasteiger partial charge in [0.2, 0.25) is 0 Å². The molecule has 1 aliphatic rings. The third-order valence-electron chi connectivity index (χ3n) is 3.48. The van der Waals surface area contributed by atoms with Gasteiger partial charge in [-0.15, -0.1) is 0 Å². The van der Waals surface area contributed by atoms with Crippen molar-refractivity contribution in [3.8, 4) is 11.5 Å². The van der Waals surface area contributed by atoms with E-state index in [4.69, 9.17) is 14.2 Å². The summed E-state index contributed by atoms with van der Waals surface area (Å²) in [5.74, 6) is -2.74. The SMILES string of the molecule is O=C(COC(=O)c1ccc2c(c1)OCCO2)Nc1ccc(SC(F)F)cc1. The summed E-state index contributed by atoms with van der Waals surface area (Å²) in [6, 6.07) is 10.5. The number of anilines is 1. The Morgan fingerprint density at radius 1 is 1.07 bits per heavy atom. The number of benzene rings is 2. The number of nitrogens with one attached hydrogen (secondary N) is 1. The van der Waals surface area contributed by atoms with Crippen molar-refractivity contribution in [1.82, 2.24) is 0 Å². The Morgan fingerprint density at radius 2 is 1.78 bits per heavy atom. The van der Waals surface area contributed by atoms with E-state index < -0.39 is 24.2 Å². The van der Waals surface area contributed by atoms with E-state index in [-0.39, 0.29) is 5.56 Å². The fourth-order valence-corrected chi connectivity index (χ4v) is 2.80. The van der Waals surface area contributed by atoms with E-state index in [2.05, 4.69) is 5.32 Å². The fourth-order valence-electron chi connectivity index (χ4n) is 2.30. The number of hydrogen-bond acceptors (Lipinski definition) is 6. The largest absolute Gasteiger partial charge is 0.486 e. The molecule has 0 saturated carbocycles. The number of carbonyl (C=O) groups excluding carboxylic acids is 2. The minimum absolute atomic E-state index is 0.237. The lowest BCUT2D eigenvalue weighted by atomic mass is 10.2. The molecule has 0 saturated heterocycles. The molecule has 9 heteroatoms. The molecule has 0 unspecified atom stereocenters. The average Bonchev–Trinajstić information content (AvgIpc) is 2.67. The summed E-state index contributed by atoms with van der Waals surface area (Å²) in [5.41, 5.74) is 0.648. The molecule has 27 heavy (non-hydrogen) atoms. The van der Waals surface area contributed by atoms with Crippen LogP contribution in [0, 0.1) is 0 Å². The molecule has 3 rings (SSSR count). The van der Waals surface area contributed by atoms with Crippen LogP contribution in [0.5, 0.6) is 11.5 Å². The van der Waals surface area contributed by atoms with Gasteiger partial charge in [-0.05, 0) is 42.5 Å². The highest BCUT2D eigenvalue weighted by atomic mass is 32.2. The minimum Gasteiger partial charge on any atom is -0.486 e. The molecule has 2 aromatic rings. The molecule has 0 atom stereocenters. The maximum Gasteiger partial charge on any atom is 0.338 e. The highest BCUT2D eigenvalue weighted by Gasteiger charge is 2.16. The Morgan fingerprint density at radius 3 is 2.48 bits per heavy atom. The predicted octanol–water partition coefficient (Wildman–Crippen LogP) is 3.57. The zero-order chi connectivity index (χ0) is 19.2. The highest BCUT2D eigenvalue weighted by Crippen LogP contribution is 2.31. The Bertz CT molecular complexity index is 829. The van der Waals surface area contributed by atoms with E-state index >= 15 is 0 Å². The smallest absolute Gasteiger partial charge is 0.338 e. The van der Waals surface area contributed by atoms with E-state index in [9.17, 15) is 18.4 Å². The van der Waals surface area contributed by atoms with Crippen molar-refractivity contribution < 1.29 is 32.6 Å². The first-order chi connectivity index (χ1) is 13.0. The molecule has 1 N–H and O–H groups in total. The van der Waals surface area contributed by atoms with Crippen LogP contribution >= 0.6 is 11.8 Å². The number of halogens is 2. The second kappa shape index (κ2) is 8.72. The third kappa shape index (κ3) is 5.33. The monoisotopic (exact) mass is 395 g/mol. The average molecular weight is 395 g/mol. The van der Waals surface area contributed by atoms with Crippen molar-refractivity contribution in [1.29, 1.82) is 0 Å². The Hall–Kier alpha value is -2.81. The third-order valence-corrected chi connectivity index (χ3v) is 4.20. The van der Waals surface area contributed by atoms with Crippen LogP contribution in [0.1, 0.15) is 10.4 Å². The molecule has 0 aromatic heterocycles. The lowest BCUT2D eigenvalue weighted by Crippen LogP contribution is -2.21. The number of ether oxygens (including phenoxy) is 3. The molecule has 1 heterocycles. The van der Waals surface area contributed by atoms with Crippen molar-refractivity contribution in [3.05, 3.63) is 48.0 Å².